The van der Waals surface area contributed by atoms with Crippen molar-refractivity contribution in [3.05, 3.63) is 68.4 Å². The van der Waals surface area contributed by atoms with Gasteiger partial charge in [0.25, 0.3) is 5.56 Å². The lowest BCUT2D eigenvalue weighted by molar-refractivity contribution is -0.134. The first-order chi connectivity index (χ1) is 21.4. The number of methoxy groups -OCH3 is 1. The standard InChI is InChI=1S/C31H37FN6O6S/c1-17(2)35(5)27(40)19(4)37-28(41)26-18(3)29(38-33-13-14-34-38)45-30(26)36(31(37)42)16-25(44-22-10-8-21(39)9-11-22)23-15-20(32)7-12-24(23)43-6/h7,12-15,17,19,22,25H,8-11,16H2,1-6H3/t19-,25?/m0/s1. The smallest absolute Gasteiger partial charge is 0.332 e. The zero-order valence-electron chi connectivity index (χ0n) is 26.2. The third-order valence-electron chi connectivity index (χ3n) is 8.42. The molecule has 2 atom stereocenters. The molecule has 1 aliphatic carbocycles. The maximum Gasteiger partial charge on any atom is 0.332 e. The Morgan fingerprint density at radius 3 is 2.42 bits per heavy atom. The summed E-state index contributed by atoms with van der Waals surface area (Å²) in [5, 5.41) is 9.22. The molecule has 0 bridgehead atoms. The van der Waals surface area contributed by atoms with Gasteiger partial charge in [-0.3, -0.25) is 19.0 Å². The fourth-order valence-corrected chi connectivity index (χ4v) is 6.86. The number of Topliss-reactive ketones (excluding diaryl/α,β-unsaturated/α-hetero) is 1. The number of ether oxygens (including phenoxy) is 2. The Hall–Kier alpha value is -4.17. The molecule has 14 heteroatoms. The van der Waals surface area contributed by atoms with Crippen LogP contribution in [0.25, 0.3) is 15.2 Å². The summed E-state index contributed by atoms with van der Waals surface area (Å²) in [4.78, 5) is 57.1. The van der Waals surface area contributed by atoms with Crippen molar-refractivity contribution in [1.29, 1.82) is 0 Å². The molecule has 3 aromatic heterocycles. The van der Waals surface area contributed by atoms with Gasteiger partial charge in [-0.15, -0.1) is 4.80 Å². The van der Waals surface area contributed by atoms with Crippen molar-refractivity contribution >= 4 is 33.2 Å². The summed E-state index contributed by atoms with van der Waals surface area (Å²) >= 11 is 1.16. The van der Waals surface area contributed by atoms with Crippen LogP contribution >= 0.6 is 11.3 Å². The van der Waals surface area contributed by atoms with Gasteiger partial charge in [-0.25, -0.2) is 13.8 Å². The van der Waals surface area contributed by atoms with Crippen LogP contribution in [0, 0.1) is 12.7 Å². The van der Waals surface area contributed by atoms with Crippen molar-refractivity contribution in [1.82, 2.24) is 29.0 Å². The number of benzene rings is 1. The van der Waals surface area contributed by atoms with E-state index in [4.69, 9.17) is 9.47 Å². The molecule has 0 radical (unpaired) electrons. The average molecular weight is 641 g/mol. The van der Waals surface area contributed by atoms with E-state index in [1.807, 2.05) is 13.8 Å². The normalized spacial score (nSPS) is 15.5. The van der Waals surface area contributed by atoms with Crippen LogP contribution in [0.2, 0.25) is 0 Å². The van der Waals surface area contributed by atoms with Crippen molar-refractivity contribution in [2.45, 2.75) is 84.2 Å². The van der Waals surface area contributed by atoms with E-state index in [9.17, 15) is 23.6 Å². The first-order valence-corrected chi connectivity index (χ1v) is 15.7. The van der Waals surface area contributed by atoms with Crippen molar-refractivity contribution in [2.75, 3.05) is 14.2 Å². The Balaban J connectivity index is 1.73. The number of hydrogen-bond donors (Lipinski definition) is 0. The molecule has 3 heterocycles. The van der Waals surface area contributed by atoms with E-state index in [1.165, 1.54) is 58.9 Å². The van der Waals surface area contributed by atoms with Crippen LogP contribution in [-0.2, 0) is 20.9 Å². The highest BCUT2D eigenvalue weighted by atomic mass is 32.1. The van der Waals surface area contributed by atoms with Gasteiger partial charge >= 0.3 is 5.69 Å². The topological polar surface area (TPSA) is 131 Å². The molecule has 1 amide bonds. The number of carbonyl (C=O) groups excluding carboxylic acids is 2. The molecule has 1 unspecified atom stereocenters. The summed E-state index contributed by atoms with van der Waals surface area (Å²) in [6.07, 6.45) is 3.47. The fraction of sp³-hybridized carbons (Fsp3) is 0.484. The maximum atomic E-state index is 14.7. The van der Waals surface area contributed by atoms with Crippen LogP contribution in [0.4, 0.5) is 4.39 Å². The second kappa shape index (κ2) is 13.1. The van der Waals surface area contributed by atoms with E-state index >= 15 is 0 Å². The second-order valence-corrected chi connectivity index (χ2v) is 12.5. The third kappa shape index (κ3) is 6.21. The van der Waals surface area contributed by atoms with Gasteiger partial charge in [-0.2, -0.15) is 10.2 Å². The highest BCUT2D eigenvalue weighted by molar-refractivity contribution is 7.21. The number of fused-ring (bicyclic) bond motifs is 1. The van der Waals surface area contributed by atoms with Crippen molar-refractivity contribution in [3.63, 3.8) is 0 Å². The summed E-state index contributed by atoms with van der Waals surface area (Å²) in [6, 6.07) is 2.78. The molecule has 0 saturated heterocycles. The molecule has 1 fully saturated rings. The van der Waals surface area contributed by atoms with Gasteiger partial charge in [0.05, 0.1) is 37.5 Å². The molecule has 5 rings (SSSR count). The molecule has 240 valence electrons. The van der Waals surface area contributed by atoms with E-state index in [1.54, 1.807) is 14.0 Å². The number of amides is 1. The van der Waals surface area contributed by atoms with Crippen LogP contribution in [0.1, 0.15) is 69.7 Å². The van der Waals surface area contributed by atoms with Gasteiger partial charge in [0.2, 0.25) is 5.91 Å². The van der Waals surface area contributed by atoms with E-state index in [0.29, 0.717) is 52.4 Å². The molecule has 45 heavy (non-hydrogen) atoms. The van der Waals surface area contributed by atoms with Crippen LogP contribution in [0.3, 0.4) is 0 Å². The number of aromatic nitrogens is 5. The molecule has 1 aromatic carbocycles. The first-order valence-electron chi connectivity index (χ1n) is 14.8. The van der Waals surface area contributed by atoms with Gasteiger partial charge in [0.1, 0.15) is 39.3 Å². The lowest BCUT2D eigenvalue weighted by atomic mass is 9.96. The first kappa shape index (κ1) is 32.2. The van der Waals surface area contributed by atoms with Gasteiger partial charge < -0.3 is 14.4 Å². The number of halogens is 1. The molecular weight excluding hydrogens is 603 g/mol. The maximum absolute atomic E-state index is 14.7. The van der Waals surface area contributed by atoms with Crippen molar-refractivity contribution < 1.29 is 23.5 Å². The molecule has 4 aromatic rings. The van der Waals surface area contributed by atoms with Crippen LogP contribution in [0.15, 0.2) is 40.2 Å². The fourth-order valence-electron chi connectivity index (χ4n) is 5.65. The SMILES string of the molecule is COc1ccc(F)cc1C(Cn1c(=O)n([C@@H](C)C(=O)N(C)C(C)C)c(=O)c2c(C)c(-n3nccn3)sc21)OC1CCC(=O)CC1. The highest BCUT2D eigenvalue weighted by Gasteiger charge is 2.32. The second-order valence-electron chi connectivity index (χ2n) is 11.6. The molecule has 0 N–H and O–H groups in total. The Kier molecular flexibility index (Phi) is 9.35. The van der Waals surface area contributed by atoms with Gasteiger partial charge in [0.15, 0.2) is 0 Å². The van der Waals surface area contributed by atoms with Gasteiger partial charge in [-0.1, -0.05) is 11.3 Å². The Morgan fingerprint density at radius 2 is 1.80 bits per heavy atom. The minimum absolute atomic E-state index is 0.132. The number of nitrogens with zero attached hydrogens (tertiary/aromatic N) is 6. The Bertz CT molecular complexity index is 1840. The van der Waals surface area contributed by atoms with Gasteiger partial charge in [0, 0.05) is 37.1 Å². The largest absolute Gasteiger partial charge is 0.496 e. The summed E-state index contributed by atoms with van der Waals surface area (Å²) < 4.78 is 29.2. The van der Waals surface area contributed by atoms with E-state index < -0.39 is 35.1 Å². The summed E-state index contributed by atoms with van der Waals surface area (Å²) in [7, 11) is 3.08. The van der Waals surface area contributed by atoms with E-state index in [-0.39, 0.29) is 29.9 Å². The third-order valence-corrected chi connectivity index (χ3v) is 9.70. The molecule has 1 saturated carbocycles. The molecule has 1 aliphatic rings. The number of ketones is 1. The number of rotatable bonds is 10. The lowest BCUT2D eigenvalue weighted by Gasteiger charge is -2.29. The van der Waals surface area contributed by atoms with Crippen molar-refractivity contribution in [2.24, 2.45) is 0 Å². The Morgan fingerprint density at radius 1 is 1.13 bits per heavy atom. The minimum atomic E-state index is -1.12. The summed E-state index contributed by atoms with van der Waals surface area (Å²) in [6.45, 7) is 6.82. The van der Waals surface area contributed by atoms with Gasteiger partial charge in [-0.05, 0) is 58.7 Å². The zero-order chi connectivity index (χ0) is 32.6. The van der Waals surface area contributed by atoms with Crippen LogP contribution in [-0.4, -0.2) is 67.0 Å². The number of carbonyl (C=O) groups is 2. The summed E-state index contributed by atoms with van der Waals surface area (Å²) in [5.74, 6) is -0.408. The van der Waals surface area contributed by atoms with Crippen LogP contribution in [0.5, 0.6) is 5.75 Å². The minimum Gasteiger partial charge on any atom is -0.496 e. The molecule has 12 nitrogen and oxygen atoms in total. The average Bonchev–Trinajstić information content (AvgIpc) is 3.67. The van der Waals surface area contributed by atoms with E-state index in [2.05, 4.69) is 10.2 Å². The lowest BCUT2D eigenvalue weighted by Crippen LogP contribution is -2.48. The number of likely N-dealkylation sites (N-methyl/N-ethyl adjacent to an activating group) is 1. The quantitative estimate of drug-likeness (QED) is 0.255. The Labute approximate surface area is 263 Å². The monoisotopic (exact) mass is 640 g/mol. The zero-order valence-corrected chi connectivity index (χ0v) is 27.0. The van der Waals surface area contributed by atoms with Crippen LogP contribution < -0.4 is 16.0 Å². The number of hydrogen-bond acceptors (Lipinski definition) is 9. The number of thiophene rings is 1. The highest BCUT2D eigenvalue weighted by Crippen LogP contribution is 2.36. The predicted molar refractivity (Wildman–Crippen MR) is 167 cm³/mol. The van der Waals surface area contributed by atoms with Crippen molar-refractivity contribution in [3.8, 4) is 10.8 Å². The predicted octanol–water partition coefficient (Wildman–Crippen LogP) is 3.96. The van der Waals surface area contributed by atoms with E-state index in [0.717, 1.165) is 15.9 Å². The molecule has 0 aliphatic heterocycles. The number of aryl methyl sites for hydroxylation is 1. The molecule has 0 spiro atoms. The summed E-state index contributed by atoms with van der Waals surface area (Å²) in [5.41, 5.74) is -0.405. The molecular formula is C31H37FN6O6S.